The normalized spacial score (nSPS) is 14.9. The van der Waals surface area contributed by atoms with Crippen LogP contribution in [0.2, 0.25) is 0 Å². The second kappa shape index (κ2) is 5.85. The fourth-order valence-corrected chi connectivity index (χ4v) is 1.42. The van der Waals surface area contributed by atoms with Crippen LogP contribution in [0.15, 0.2) is 24.3 Å². The maximum atomic E-state index is 9.81. The first-order chi connectivity index (χ1) is 7.09. The summed E-state index contributed by atoms with van der Waals surface area (Å²) in [5.74, 6) is 0. The summed E-state index contributed by atoms with van der Waals surface area (Å²) in [6, 6.07) is 7.80. The van der Waals surface area contributed by atoms with Gasteiger partial charge in [0.25, 0.3) is 0 Å². The summed E-state index contributed by atoms with van der Waals surface area (Å²) in [5, 5.41) is 21.9. The Kier molecular flexibility index (Phi) is 4.75. The highest BCUT2D eigenvalue weighted by Gasteiger charge is 2.07. The minimum Gasteiger partial charge on any atom is -0.392 e. The highest BCUT2D eigenvalue weighted by atomic mass is 16.3. The highest BCUT2D eigenvalue weighted by molar-refractivity contribution is 5.24. The van der Waals surface area contributed by atoms with E-state index in [9.17, 15) is 5.11 Å². The summed E-state index contributed by atoms with van der Waals surface area (Å²) in [4.78, 5) is 0. The van der Waals surface area contributed by atoms with Gasteiger partial charge in [0, 0.05) is 13.1 Å². The lowest BCUT2D eigenvalue weighted by molar-refractivity contribution is 0.155. The SMILES string of the molecule is Cc1cccc(C(O)CNC[C@H](C)O)c1. The van der Waals surface area contributed by atoms with E-state index in [4.69, 9.17) is 5.11 Å². The molecule has 0 saturated carbocycles. The van der Waals surface area contributed by atoms with Gasteiger partial charge >= 0.3 is 0 Å². The van der Waals surface area contributed by atoms with Crippen molar-refractivity contribution >= 4 is 0 Å². The van der Waals surface area contributed by atoms with Crippen molar-refractivity contribution in [1.82, 2.24) is 5.32 Å². The Hall–Kier alpha value is -0.900. The lowest BCUT2D eigenvalue weighted by Gasteiger charge is -2.13. The molecule has 3 heteroatoms. The molecule has 0 spiro atoms. The molecule has 1 unspecified atom stereocenters. The molecule has 2 atom stereocenters. The fraction of sp³-hybridized carbons (Fsp3) is 0.500. The lowest BCUT2D eigenvalue weighted by atomic mass is 10.1. The Morgan fingerprint density at radius 3 is 2.60 bits per heavy atom. The first kappa shape index (κ1) is 12.2. The number of nitrogens with one attached hydrogen (secondary N) is 1. The molecule has 0 fully saturated rings. The summed E-state index contributed by atoms with van der Waals surface area (Å²) in [5.41, 5.74) is 2.05. The predicted octanol–water partition coefficient (Wildman–Crippen LogP) is 0.999. The van der Waals surface area contributed by atoms with Crippen molar-refractivity contribution in [2.24, 2.45) is 0 Å². The molecule has 1 aromatic carbocycles. The molecule has 0 heterocycles. The summed E-state index contributed by atoms with van der Waals surface area (Å²) in [6.07, 6.45) is -0.890. The van der Waals surface area contributed by atoms with E-state index in [1.165, 1.54) is 0 Å². The van der Waals surface area contributed by atoms with Gasteiger partial charge in [-0.2, -0.15) is 0 Å². The topological polar surface area (TPSA) is 52.5 Å². The van der Waals surface area contributed by atoms with E-state index >= 15 is 0 Å². The third-order valence-electron chi connectivity index (χ3n) is 2.20. The molecule has 0 amide bonds. The highest BCUT2D eigenvalue weighted by Crippen LogP contribution is 2.13. The van der Waals surface area contributed by atoms with Gasteiger partial charge in [-0.25, -0.2) is 0 Å². The third kappa shape index (κ3) is 4.42. The predicted molar refractivity (Wildman–Crippen MR) is 60.7 cm³/mol. The van der Waals surface area contributed by atoms with E-state index in [-0.39, 0.29) is 6.10 Å². The van der Waals surface area contributed by atoms with Crippen molar-refractivity contribution in [2.75, 3.05) is 13.1 Å². The van der Waals surface area contributed by atoms with Crippen molar-refractivity contribution in [1.29, 1.82) is 0 Å². The molecule has 0 aliphatic rings. The molecule has 1 aromatic rings. The quantitative estimate of drug-likeness (QED) is 0.678. The van der Waals surface area contributed by atoms with E-state index in [2.05, 4.69) is 5.32 Å². The number of aliphatic hydroxyl groups excluding tert-OH is 2. The molecular weight excluding hydrogens is 190 g/mol. The van der Waals surface area contributed by atoms with Crippen LogP contribution >= 0.6 is 0 Å². The smallest absolute Gasteiger partial charge is 0.0914 e. The molecule has 0 saturated heterocycles. The molecule has 0 radical (unpaired) electrons. The molecule has 0 aromatic heterocycles. The number of hydrogen-bond acceptors (Lipinski definition) is 3. The molecule has 1 rings (SSSR count). The second-order valence-corrected chi connectivity index (χ2v) is 3.94. The Morgan fingerprint density at radius 2 is 2.00 bits per heavy atom. The van der Waals surface area contributed by atoms with Gasteiger partial charge in [-0.15, -0.1) is 0 Å². The van der Waals surface area contributed by atoms with Gasteiger partial charge in [0.1, 0.15) is 0 Å². The molecule has 0 bridgehead atoms. The van der Waals surface area contributed by atoms with E-state index in [0.29, 0.717) is 13.1 Å². The van der Waals surface area contributed by atoms with Crippen molar-refractivity contribution in [3.05, 3.63) is 35.4 Å². The Labute approximate surface area is 90.8 Å². The fourth-order valence-electron chi connectivity index (χ4n) is 1.42. The molecule has 0 aliphatic heterocycles. The number of aliphatic hydroxyl groups is 2. The first-order valence-electron chi connectivity index (χ1n) is 5.23. The summed E-state index contributed by atoms with van der Waals surface area (Å²) in [6.45, 7) is 4.68. The van der Waals surface area contributed by atoms with Crippen LogP contribution in [0.4, 0.5) is 0 Å². The van der Waals surface area contributed by atoms with Gasteiger partial charge in [0.2, 0.25) is 0 Å². The van der Waals surface area contributed by atoms with Crippen molar-refractivity contribution in [3.8, 4) is 0 Å². The number of hydrogen-bond donors (Lipinski definition) is 3. The van der Waals surface area contributed by atoms with Crippen molar-refractivity contribution in [2.45, 2.75) is 26.1 Å². The van der Waals surface area contributed by atoms with E-state index in [0.717, 1.165) is 11.1 Å². The average molecular weight is 209 g/mol. The van der Waals surface area contributed by atoms with Gasteiger partial charge in [-0.1, -0.05) is 29.8 Å². The molecule has 84 valence electrons. The van der Waals surface area contributed by atoms with Crippen LogP contribution in [-0.4, -0.2) is 29.4 Å². The van der Waals surface area contributed by atoms with Crippen molar-refractivity contribution < 1.29 is 10.2 Å². The summed E-state index contributed by atoms with van der Waals surface area (Å²) in [7, 11) is 0. The van der Waals surface area contributed by atoms with Gasteiger partial charge in [0.05, 0.1) is 12.2 Å². The molecule has 3 nitrogen and oxygen atoms in total. The van der Waals surface area contributed by atoms with Crippen LogP contribution in [0.3, 0.4) is 0 Å². The van der Waals surface area contributed by atoms with E-state index < -0.39 is 6.10 Å². The Bertz CT molecular complexity index is 299. The van der Waals surface area contributed by atoms with Crippen LogP contribution < -0.4 is 5.32 Å². The standard InChI is InChI=1S/C12H19NO2/c1-9-4-3-5-11(6-9)12(15)8-13-7-10(2)14/h3-6,10,12-15H,7-8H2,1-2H3/t10-,12?/m0/s1. The zero-order chi connectivity index (χ0) is 11.3. The number of aryl methyl sites for hydroxylation is 1. The number of benzene rings is 1. The number of rotatable bonds is 5. The zero-order valence-corrected chi connectivity index (χ0v) is 9.27. The minimum atomic E-state index is -0.511. The van der Waals surface area contributed by atoms with E-state index in [1.807, 2.05) is 31.2 Å². The molecule has 0 aliphatic carbocycles. The largest absolute Gasteiger partial charge is 0.392 e. The maximum Gasteiger partial charge on any atom is 0.0914 e. The van der Waals surface area contributed by atoms with Crippen LogP contribution in [0.25, 0.3) is 0 Å². The van der Waals surface area contributed by atoms with Gasteiger partial charge < -0.3 is 15.5 Å². The maximum absolute atomic E-state index is 9.81. The van der Waals surface area contributed by atoms with Crippen molar-refractivity contribution in [3.63, 3.8) is 0 Å². The third-order valence-corrected chi connectivity index (χ3v) is 2.20. The van der Waals surface area contributed by atoms with Gasteiger partial charge in [-0.05, 0) is 19.4 Å². The molecule has 15 heavy (non-hydrogen) atoms. The van der Waals surface area contributed by atoms with Crippen LogP contribution in [0.5, 0.6) is 0 Å². The van der Waals surface area contributed by atoms with Crippen LogP contribution in [0, 0.1) is 6.92 Å². The zero-order valence-electron chi connectivity index (χ0n) is 9.27. The van der Waals surface area contributed by atoms with Crippen LogP contribution in [-0.2, 0) is 0 Å². The Balaban J connectivity index is 2.43. The van der Waals surface area contributed by atoms with Gasteiger partial charge in [0.15, 0.2) is 0 Å². The van der Waals surface area contributed by atoms with Gasteiger partial charge in [-0.3, -0.25) is 0 Å². The monoisotopic (exact) mass is 209 g/mol. The summed E-state index contributed by atoms with van der Waals surface area (Å²) < 4.78 is 0. The second-order valence-electron chi connectivity index (χ2n) is 3.94. The lowest BCUT2D eigenvalue weighted by Crippen LogP contribution is -2.28. The molecule has 3 N–H and O–H groups in total. The van der Waals surface area contributed by atoms with Crippen LogP contribution in [0.1, 0.15) is 24.2 Å². The average Bonchev–Trinajstić information content (AvgIpc) is 2.17. The Morgan fingerprint density at radius 1 is 1.27 bits per heavy atom. The minimum absolute atomic E-state index is 0.380. The molecular formula is C12H19NO2. The van der Waals surface area contributed by atoms with E-state index in [1.54, 1.807) is 6.92 Å². The summed E-state index contributed by atoms with van der Waals surface area (Å²) >= 11 is 0. The first-order valence-corrected chi connectivity index (χ1v) is 5.23.